The summed E-state index contributed by atoms with van der Waals surface area (Å²) in [7, 11) is 0. The summed E-state index contributed by atoms with van der Waals surface area (Å²) in [6.07, 6.45) is -0.515. The molecule has 1 fully saturated rings. The van der Waals surface area contributed by atoms with E-state index in [2.05, 4.69) is 14.7 Å². The first-order valence-electron chi connectivity index (χ1n) is 12.8. The van der Waals surface area contributed by atoms with Gasteiger partial charge in [0.05, 0.1) is 16.6 Å². The van der Waals surface area contributed by atoms with Crippen LogP contribution in [0.2, 0.25) is 0 Å². The fourth-order valence-electron chi connectivity index (χ4n) is 5.14. The van der Waals surface area contributed by atoms with Gasteiger partial charge in [0.25, 0.3) is 0 Å². The molecule has 4 aromatic rings. The highest BCUT2D eigenvalue weighted by Crippen LogP contribution is 2.42. The summed E-state index contributed by atoms with van der Waals surface area (Å²) in [5, 5.41) is 10.1. The molecule has 0 aliphatic heterocycles. The lowest BCUT2D eigenvalue weighted by molar-refractivity contribution is -0.274. The van der Waals surface area contributed by atoms with Crippen molar-refractivity contribution in [1.82, 2.24) is 14.5 Å². The van der Waals surface area contributed by atoms with Crippen LogP contribution in [-0.2, 0) is 24.4 Å². The number of alkyl halides is 3. The third-order valence-corrected chi connectivity index (χ3v) is 7.23. The van der Waals surface area contributed by atoms with Crippen molar-refractivity contribution in [3.05, 3.63) is 83.2 Å². The second kappa shape index (κ2) is 10.8. The summed E-state index contributed by atoms with van der Waals surface area (Å²) in [6, 6.07) is 11.9. The Morgan fingerprint density at radius 2 is 1.80 bits per heavy atom. The van der Waals surface area contributed by atoms with Crippen LogP contribution in [0.5, 0.6) is 11.5 Å². The van der Waals surface area contributed by atoms with Crippen LogP contribution in [0.4, 0.5) is 17.6 Å². The van der Waals surface area contributed by atoms with E-state index in [1.165, 1.54) is 30.3 Å². The van der Waals surface area contributed by atoms with Crippen molar-refractivity contribution in [2.75, 3.05) is 0 Å². The number of fused-ring (bicyclic) bond motifs is 1. The first kappa shape index (κ1) is 27.4. The number of ether oxygens (including phenoxy) is 2. The Morgan fingerprint density at radius 1 is 1.07 bits per heavy atom. The summed E-state index contributed by atoms with van der Waals surface area (Å²) in [5.41, 5.74) is 1.68. The number of nitrogens with zero attached hydrogens (tertiary/aromatic N) is 3. The molecule has 5 rings (SSSR count). The molecule has 2 aromatic carbocycles. The maximum absolute atomic E-state index is 15.3. The number of hydrogen-bond acceptors (Lipinski definition) is 5. The lowest BCUT2D eigenvalue weighted by Crippen LogP contribution is -2.31. The molecule has 0 bridgehead atoms. The van der Waals surface area contributed by atoms with Crippen LogP contribution in [0.15, 0.2) is 54.7 Å². The molecule has 7 nitrogen and oxygen atoms in total. The van der Waals surface area contributed by atoms with E-state index < -0.39 is 23.6 Å². The largest absolute Gasteiger partial charge is 0.573 e. The molecule has 0 unspecified atom stereocenters. The van der Waals surface area contributed by atoms with Crippen molar-refractivity contribution in [2.45, 2.75) is 58.5 Å². The van der Waals surface area contributed by atoms with Gasteiger partial charge in [-0.3, -0.25) is 9.78 Å². The number of carbonyl (C=O) groups is 1. The number of benzene rings is 2. The molecule has 0 saturated heterocycles. The van der Waals surface area contributed by atoms with Gasteiger partial charge in [0.15, 0.2) is 5.82 Å². The quantitative estimate of drug-likeness (QED) is 0.234. The molecule has 40 heavy (non-hydrogen) atoms. The highest BCUT2D eigenvalue weighted by Gasteiger charge is 2.42. The van der Waals surface area contributed by atoms with Crippen molar-refractivity contribution in [3.63, 3.8) is 0 Å². The second-order valence-corrected chi connectivity index (χ2v) is 10.2. The molecular weight excluding hydrogens is 530 g/mol. The first-order valence-corrected chi connectivity index (χ1v) is 12.8. The highest BCUT2D eigenvalue weighted by atomic mass is 19.4. The minimum absolute atomic E-state index is 0.0615. The van der Waals surface area contributed by atoms with Gasteiger partial charge in [-0.15, -0.1) is 13.2 Å². The Kier molecular flexibility index (Phi) is 7.39. The number of halogens is 4. The van der Waals surface area contributed by atoms with Crippen LogP contribution in [-0.4, -0.2) is 32.0 Å². The molecule has 11 heteroatoms. The van der Waals surface area contributed by atoms with Gasteiger partial charge in [-0.1, -0.05) is 31.0 Å². The monoisotopic (exact) mass is 557 g/mol. The predicted molar refractivity (Wildman–Crippen MR) is 137 cm³/mol. The summed E-state index contributed by atoms with van der Waals surface area (Å²) in [6.45, 7) is 2.14. The molecule has 1 N–H and O–H groups in total. The van der Waals surface area contributed by atoms with Crippen molar-refractivity contribution in [1.29, 1.82) is 0 Å². The zero-order valence-corrected chi connectivity index (χ0v) is 21.7. The minimum Gasteiger partial charge on any atom is -0.487 e. The van der Waals surface area contributed by atoms with Crippen LogP contribution < -0.4 is 9.47 Å². The molecular formula is C29H27F4N3O4. The number of pyridine rings is 1. The molecule has 0 radical (unpaired) electrons. The number of carboxylic acids is 1. The van der Waals surface area contributed by atoms with Crippen LogP contribution in [0.1, 0.15) is 48.3 Å². The summed E-state index contributed by atoms with van der Waals surface area (Å²) in [4.78, 5) is 21.1. The molecule has 2 aromatic heterocycles. The molecule has 0 spiro atoms. The number of imidazole rings is 1. The van der Waals surface area contributed by atoms with Crippen LogP contribution in [0, 0.1) is 18.2 Å². The van der Waals surface area contributed by atoms with Gasteiger partial charge in [-0.2, -0.15) is 0 Å². The van der Waals surface area contributed by atoms with Gasteiger partial charge < -0.3 is 19.1 Å². The Labute approximate surface area is 227 Å². The topological polar surface area (TPSA) is 86.5 Å². The fraction of sp³-hybridized carbons (Fsp3) is 0.345. The molecule has 1 aliphatic carbocycles. The summed E-state index contributed by atoms with van der Waals surface area (Å²) >= 11 is 0. The Morgan fingerprint density at radius 3 is 2.42 bits per heavy atom. The van der Waals surface area contributed by atoms with Crippen molar-refractivity contribution in [2.24, 2.45) is 5.41 Å². The predicted octanol–water partition coefficient (Wildman–Crippen LogP) is 6.59. The zero-order chi connectivity index (χ0) is 28.5. The van der Waals surface area contributed by atoms with Crippen molar-refractivity contribution in [3.8, 4) is 11.5 Å². The van der Waals surface area contributed by atoms with E-state index in [1.807, 2.05) is 19.1 Å². The molecule has 0 atom stereocenters. The molecule has 0 amide bonds. The van der Waals surface area contributed by atoms with E-state index in [-0.39, 0.29) is 36.6 Å². The lowest BCUT2D eigenvalue weighted by atomic mass is 9.82. The van der Waals surface area contributed by atoms with Gasteiger partial charge in [0, 0.05) is 31.3 Å². The second-order valence-electron chi connectivity index (χ2n) is 10.2. The molecule has 1 aliphatic rings. The van der Waals surface area contributed by atoms with Crippen LogP contribution in [0.3, 0.4) is 0 Å². The Bertz CT molecular complexity index is 1510. The lowest BCUT2D eigenvalue weighted by Gasteiger charge is -2.24. The number of aliphatic carboxylic acids is 1. The normalized spacial score (nSPS) is 14.9. The first-order chi connectivity index (χ1) is 19.0. The van der Waals surface area contributed by atoms with E-state index in [0.717, 1.165) is 18.4 Å². The fourth-order valence-corrected chi connectivity index (χ4v) is 5.14. The average Bonchev–Trinajstić information content (AvgIpc) is 3.51. The minimum atomic E-state index is -4.82. The summed E-state index contributed by atoms with van der Waals surface area (Å²) < 4.78 is 64.6. The SMILES string of the molecule is Cc1ccc(COc2cc(F)c3nc(CC4(C(=O)O)CCCC4)n(Cc4ccc(OC(F)(F)F)cc4)c3c2)nc1. The van der Waals surface area contributed by atoms with Gasteiger partial charge in [-0.05, 0) is 49.1 Å². The number of rotatable bonds is 9. The van der Waals surface area contributed by atoms with Gasteiger partial charge in [0.2, 0.25) is 0 Å². The highest BCUT2D eigenvalue weighted by molar-refractivity contribution is 5.80. The van der Waals surface area contributed by atoms with Crippen molar-refractivity contribution >= 4 is 17.0 Å². The smallest absolute Gasteiger partial charge is 0.487 e. The third kappa shape index (κ3) is 6.03. The summed E-state index contributed by atoms with van der Waals surface area (Å²) in [5.74, 6) is -1.30. The molecule has 210 valence electrons. The van der Waals surface area contributed by atoms with E-state index in [0.29, 0.717) is 35.4 Å². The number of aryl methyl sites for hydroxylation is 1. The van der Waals surface area contributed by atoms with Crippen LogP contribution >= 0.6 is 0 Å². The maximum Gasteiger partial charge on any atom is 0.573 e. The van der Waals surface area contributed by atoms with E-state index in [4.69, 9.17) is 4.74 Å². The van der Waals surface area contributed by atoms with E-state index in [9.17, 15) is 23.1 Å². The van der Waals surface area contributed by atoms with Crippen LogP contribution in [0.25, 0.3) is 11.0 Å². The number of hydrogen-bond donors (Lipinski definition) is 1. The molecule has 2 heterocycles. The van der Waals surface area contributed by atoms with Gasteiger partial charge in [0.1, 0.15) is 29.4 Å². The van der Waals surface area contributed by atoms with E-state index in [1.54, 1.807) is 16.8 Å². The van der Waals surface area contributed by atoms with Gasteiger partial charge >= 0.3 is 12.3 Å². The number of carboxylic acid groups (broad SMARTS) is 1. The average molecular weight is 558 g/mol. The third-order valence-electron chi connectivity index (χ3n) is 7.23. The zero-order valence-electron chi connectivity index (χ0n) is 21.7. The van der Waals surface area contributed by atoms with E-state index >= 15 is 4.39 Å². The van der Waals surface area contributed by atoms with Crippen molar-refractivity contribution < 1.29 is 36.9 Å². The molecule has 1 saturated carbocycles. The standard InChI is InChI=1S/C29H27F4N3O4/c1-18-4-7-20(34-15-18)17-39-22-12-23(30)26-24(13-22)36(16-19-5-8-21(9-6-19)40-29(31,32)33)25(35-26)14-28(27(37)38)10-2-3-11-28/h4-9,12-13,15H,2-3,10-11,14,16-17H2,1H3,(H,37,38). The Hall–Kier alpha value is -4.15. The maximum atomic E-state index is 15.3. The number of aromatic nitrogens is 3. The Balaban J connectivity index is 1.51. The van der Waals surface area contributed by atoms with Gasteiger partial charge in [-0.25, -0.2) is 9.37 Å².